The summed E-state index contributed by atoms with van der Waals surface area (Å²) < 4.78 is 0. The van der Waals surface area contributed by atoms with Gasteiger partial charge in [0.05, 0.1) is 16.3 Å². The minimum absolute atomic E-state index is 0.115. The SMILES string of the molecule is C[C@@H](Sc1nc2ccccc2[nH]1)C(=O)N[C@H]1CCCC[C@@H]1C. The molecule has 1 saturated carbocycles. The molecule has 22 heavy (non-hydrogen) atoms. The van der Waals surface area contributed by atoms with E-state index in [9.17, 15) is 4.79 Å². The van der Waals surface area contributed by atoms with E-state index < -0.39 is 0 Å². The van der Waals surface area contributed by atoms with Crippen molar-refractivity contribution in [1.82, 2.24) is 15.3 Å². The van der Waals surface area contributed by atoms with Gasteiger partial charge in [-0.2, -0.15) is 0 Å². The van der Waals surface area contributed by atoms with Crippen LogP contribution in [0.25, 0.3) is 11.0 Å². The predicted octanol–water partition coefficient (Wildman–Crippen LogP) is 3.74. The maximum absolute atomic E-state index is 12.4. The number of carbonyl (C=O) groups is 1. The summed E-state index contributed by atoms with van der Waals surface area (Å²) >= 11 is 1.49. The minimum Gasteiger partial charge on any atom is -0.352 e. The molecule has 1 aromatic carbocycles. The number of benzene rings is 1. The Morgan fingerprint density at radius 3 is 2.91 bits per heavy atom. The van der Waals surface area contributed by atoms with Gasteiger partial charge in [-0.25, -0.2) is 4.98 Å². The highest BCUT2D eigenvalue weighted by atomic mass is 32.2. The standard InChI is InChI=1S/C17H23N3OS/c1-11-7-3-4-8-13(11)18-16(21)12(2)22-17-19-14-9-5-6-10-15(14)20-17/h5-6,9-13H,3-4,7-8H2,1-2H3,(H,18,21)(H,19,20)/t11-,12+,13-/m0/s1. The predicted molar refractivity (Wildman–Crippen MR) is 91.0 cm³/mol. The molecule has 0 unspecified atom stereocenters. The van der Waals surface area contributed by atoms with Crippen LogP contribution >= 0.6 is 11.8 Å². The number of thioether (sulfide) groups is 1. The van der Waals surface area contributed by atoms with E-state index in [1.165, 1.54) is 31.0 Å². The first-order valence-corrected chi connectivity index (χ1v) is 8.93. The number of rotatable bonds is 4. The molecule has 1 aliphatic carbocycles. The lowest BCUT2D eigenvalue weighted by Gasteiger charge is -2.30. The second-order valence-corrected chi connectivity index (χ2v) is 7.53. The van der Waals surface area contributed by atoms with E-state index in [2.05, 4.69) is 22.2 Å². The van der Waals surface area contributed by atoms with Gasteiger partial charge in [0, 0.05) is 6.04 Å². The number of H-pyrrole nitrogens is 1. The summed E-state index contributed by atoms with van der Waals surface area (Å²) in [6.07, 6.45) is 4.84. The molecule has 1 amide bonds. The monoisotopic (exact) mass is 317 g/mol. The van der Waals surface area contributed by atoms with Crippen LogP contribution in [0.1, 0.15) is 39.5 Å². The zero-order chi connectivity index (χ0) is 15.5. The lowest BCUT2D eigenvalue weighted by Crippen LogP contribution is -2.44. The minimum atomic E-state index is -0.144. The van der Waals surface area contributed by atoms with Crippen molar-refractivity contribution < 1.29 is 4.79 Å². The van der Waals surface area contributed by atoms with Gasteiger partial charge >= 0.3 is 0 Å². The Hall–Kier alpha value is -1.49. The molecule has 1 heterocycles. The first kappa shape index (κ1) is 15.4. The van der Waals surface area contributed by atoms with Gasteiger partial charge in [0.15, 0.2) is 5.16 Å². The quantitative estimate of drug-likeness (QED) is 0.845. The number of hydrogen-bond donors (Lipinski definition) is 2. The van der Waals surface area contributed by atoms with Crippen LogP contribution in [0, 0.1) is 5.92 Å². The van der Waals surface area contributed by atoms with Crippen molar-refractivity contribution in [2.45, 2.75) is 56.0 Å². The van der Waals surface area contributed by atoms with Crippen molar-refractivity contribution in [3.05, 3.63) is 24.3 Å². The fourth-order valence-electron chi connectivity index (χ4n) is 3.04. The lowest BCUT2D eigenvalue weighted by atomic mass is 9.86. The topological polar surface area (TPSA) is 57.8 Å². The molecule has 118 valence electrons. The molecule has 2 aromatic rings. The number of hydrogen-bond acceptors (Lipinski definition) is 3. The fourth-order valence-corrected chi connectivity index (χ4v) is 3.87. The number of amides is 1. The molecule has 4 nitrogen and oxygen atoms in total. The van der Waals surface area contributed by atoms with Gasteiger partial charge in [0.25, 0.3) is 0 Å². The molecule has 1 aromatic heterocycles. The Balaban J connectivity index is 1.60. The van der Waals surface area contributed by atoms with Crippen LogP contribution in [0.15, 0.2) is 29.4 Å². The first-order valence-electron chi connectivity index (χ1n) is 8.05. The van der Waals surface area contributed by atoms with Crippen molar-refractivity contribution in [2.24, 2.45) is 5.92 Å². The highest BCUT2D eigenvalue weighted by molar-refractivity contribution is 8.00. The van der Waals surface area contributed by atoms with Crippen molar-refractivity contribution >= 4 is 28.7 Å². The van der Waals surface area contributed by atoms with Crippen LogP contribution in [0.4, 0.5) is 0 Å². The molecule has 0 saturated heterocycles. The van der Waals surface area contributed by atoms with E-state index in [1.807, 2.05) is 31.2 Å². The zero-order valence-electron chi connectivity index (χ0n) is 13.1. The summed E-state index contributed by atoms with van der Waals surface area (Å²) in [6.45, 7) is 4.18. The molecular weight excluding hydrogens is 294 g/mol. The molecule has 5 heteroatoms. The van der Waals surface area contributed by atoms with E-state index in [0.717, 1.165) is 22.6 Å². The van der Waals surface area contributed by atoms with E-state index in [1.54, 1.807) is 0 Å². The number of aromatic amines is 1. The largest absolute Gasteiger partial charge is 0.352 e. The Morgan fingerprint density at radius 1 is 1.36 bits per heavy atom. The molecule has 0 radical (unpaired) electrons. The number of para-hydroxylation sites is 2. The van der Waals surface area contributed by atoms with Crippen molar-refractivity contribution in [1.29, 1.82) is 0 Å². The normalized spacial score (nSPS) is 23.4. The van der Waals surface area contributed by atoms with E-state index in [0.29, 0.717) is 12.0 Å². The van der Waals surface area contributed by atoms with Gasteiger partial charge in [0.2, 0.25) is 5.91 Å². The smallest absolute Gasteiger partial charge is 0.233 e. The Morgan fingerprint density at radius 2 is 2.14 bits per heavy atom. The van der Waals surface area contributed by atoms with Crippen molar-refractivity contribution in [3.8, 4) is 0 Å². The molecule has 2 N–H and O–H groups in total. The molecule has 1 fully saturated rings. The van der Waals surface area contributed by atoms with E-state index >= 15 is 0 Å². The summed E-state index contributed by atoms with van der Waals surface area (Å²) in [5.41, 5.74) is 1.96. The number of carbonyl (C=O) groups excluding carboxylic acids is 1. The molecule has 0 bridgehead atoms. The third-order valence-corrected chi connectivity index (χ3v) is 5.45. The van der Waals surface area contributed by atoms with Crippen LogP contribution in [-0.2, 0) is 4.79 Å². The van der Waals surface area contributed by atoms with Gasteiger partial charge in [-0.05, 0) is 37.8 Å². The van der Waals surface area contributed by atoms with Crippen LogP contribution < -0.4 is 5.32 Å². The average molecular weight is 317 g/mol. The number of aromatic nitrogens is 2. The van der Waals surface area contributed by atoms with Crippen LogP contribution in [-0.4, -0.2) is 27.2 Å². The molecule has 0 aliphatic heterocycles. The second kappa shape index (κ2) is 6.73. The molecule has 3 rings (SSSR count). The highest BCUT2D eigenvalue weighted by Gasteiger charge is 2.25. The zero-order valence-corrected chi connectivity index (χ0v) is 14.0. The van der Waals surface area contributed by atoms with Gasteiger partial charge in [-0.1, -0.05) is 43.7 Å². The molecule has 3 atom stereocenters. The second-order valence-electron chi connectivity index (χ2n) is 6.20. The number of nitrogens with zero attached hydrogens (tertiary/aromatic N) is 1. The lowest BCUT2D eigenvalue weighted by molar-refractivity contribution is -0.121. The summed E-state index contributed by atoms with van der Waals surface area (Å²) in [7, 11) is 0. The van der Waals surface area contributed by atoms with Gasteiger partial charge in [0.1, 0.15) is 0 Å². The Kier molecular flexibility index (Phi) is 4.71. The Labute approximate surface area is 135 Å². The maximum atomic E-state index is 12.4. The van der Waals surface area contributed by atoms with E-state index in [-0.39, 0.29) is 11.2 Å². The van der Waals surface area contributed by atoms with Crippen molar-refractivity contribution in [2.75, 3.05) is 0 Å². The van der Waals surface area contributed by atoms with Crippen LogP contribution in [0.3, 0.4) is 0 Å². The van der Waals surface area contributed by atoms with Crippen LogP contribution in [0.5, 0.6) is 0 Å². The molecule has 1 aliphatic rings. The summed E-state index contributed by atoms with van der Waals surface area (Å²) in [6, 6.07) is 8.26. The highest BCUT2D eigenvalue weighted by Crippen LogP contribution is 2.26. The number of fused-ring (bicyclic) bond motifs is 1. The number of nitrogens with one attached hydrogen (secondary N) is 2. The first-order chi connectivity index (χ1) is 10.6. The third kappa shape index (κ3) is 3.46. The molecular formula is C17H23N3OS. The third-order valence-electron chi connectivity index (χ3n) is 4.46. The number of imidazole rings is 1. The average Bonchev–Trinajstić information content (AvgIpc) is 2.91. The van der Waals surface area contributed by atoms with Gasteiger partial charge < -0.3 is 10.3 Å². The summed E-state index contributed by atoms with van der Waals surface area (Å²) in [5.74, 6) is 0.699. The van der Waals surface area contributed by atoms with E-state index in [4.69, 9.17) is 0 Å². The van der Waals surface area contributed by atoms with Gasteiger partial charge in [-0.3, -0.25) is 4.79 Å². The molecule has 0 spiro atoms. The summed E-state index contributed by atoms with van der Waals surface area (Å²) in [4.78, 5) is 20.2. The van der Waals surface area contributed by atoms with Crippen LogP contribution in [0.2, 0.25) is 0 Å². The van der Waals surface area contributed by atoms with Gasteiger partial charge in [-0.15, -0.1) is 0 Å². The fraction of sp³-hybridized carbons (Fsp3) is 0.529. The summed E-state index contributed by atoms with van der Waals surface area (Å²) in [5, 5.41) is 3.88. The van der Waals surface area contributed by atoms with Crippen molar-refractivity contribution in [3.63, 3.8) is 0 Å². The maximum Gasteiger partial charge on any atom is 0.233 e. The Bertz CT molecular complexity index is 621.